The molecular formula is C15H21NO4. The fourth-order valence-corrected chi connectivity index (χ4v) is 2.01. The summed E-state index contributed by atoms with van der Waals surface area (Å²) < 4.78 is 0. The van der Waals surface area contributed by atoms with Crippen LogP contribution in [0.5, 0.6) is 0 Å². The van der Waals surface area contributed by atoms with Crippen molar-refractivity contribution in [2.45, 2.75) is 26.3 Å². The van der Waals surface area contributed by atoms with Gasteiger partial charge in [0.05, 0.1) is 6.61 Å². The van der Waals surface area contributed by atoms with Crippen molar-refractivity contribution < 1.29 is 19.8 Å². The Hall–Kier alpha value is -1.88. The normalized spacial score (nSPS) is 11.9. The Morgan fingerprint density at radius 2 is 1.85 bits per heavy atom. The first-order valence-corrected chi connectivity index (χ1v) is 6.67. The molecule has 0 saturated carbocycles. The number of amides is 1. The van der Waals surface area contributed by atoms with Gasteiger partial charge >= 0.3 is 5.97 Å². The minimum absolute atomic E-state index is 0.0238. The summed E-state index contributed by atoms with van der Waals surface area (Å²) in [4.78, 5) is 24.3. The molecule has 0 aliphatic carbocycles. The van der Waals surface area contributed by atoms with Crippen molar-refractivity contribution >= 4 is 11.9 Å². The third kappa shape index (κ3) is 5.84. The number of hydrogen-bond acceptors (Lipinski definition) is 3. The molecule has 1 aromatic carbocycles. The Morgan fingerprint density at radius 3 is 2.40 bits per heavy atom. The van der Waals surface area contributed by atoms with Crippen LogP contribution < -0.4 is 0 Å². The van der Waals surface area contributed by atoms with Crippen molar-refractivity contribution in [3.05, 3.63) is 35.9 Å². The van der Waals surface area contributed by atoms with Gasteiger partial charge in [-0.05, 0) is 11.5 Å². The van der Waals surface area contributed by atoms with Crippen LogP contribution in [0.4, 0.5) is 0 Å². The molecule has 5 nitrogen and oxygen atoms in total. The van der Waals surface area contributed by atoms with Crippen LogP contribution in [-0.2, 0) is 16.1 Å². The zero-order chi connectivity index (χ0) is 15.0. The molecule has 0 spiro atoms. The van der Waals surface area contributed by atoms with Gasteiger partial charge in [0.15, 0.2) is 0 Å². The molecule has 0 heterocycles. The van der Waals surface area contributed by atoms with Gasteiger partial charge in [-0.3, -0.25) is 9.59 Å². The fraction of sp³-hybridized carbons (Fsp3) is 0.467. The second kappa shape index (κ2) is 8.32. The first-order chi connectivity index (χ1) is 9.52. The van der Waals surface area contributed by atoms with Crippen LogP contribution in [0.15, 0.2) is 30.3 Å². The molecule has 0 radical (unpaired) electrons. The number of carboxylic acid groups (broad SMARTS) is 1. The maximum atomic E-state index is 12.2. The predicted molar refractivity (Wildman–Crippen MR) is 75.0 cm³/mol. The smallest absolute Gasteiger partial charge is 0.303 e. The third-order valence-electron chi connectivity index (χ3n) is 2.99. The molecule has 1 aromatic rings. The number of carbonyl (C=O) groups excluding carboxylic acids is 1. The molecule has 0 fully saturated rings. The number of aliphatic carboxylic acids is 1. The third-order valence-corrected chi connectivity index (χ3v) is 2.99. The standard InChI is InChI=1S/C15H21NO4/c1-12(10-15(19)20)9-14(18)16(7-8-17)11-13-5-3-2-4-6-13/h2-6,12,17H,7-11H2,1H3,(H,19,20). The van der Waals surface area contributed by atoms with Gasteiger partial charge in [-0.2, -0.15) is 0 Å². The van der Waals surface area contributed by atoms with Gasteiger partial charge in [0.2, 0.25) is 5.91 Å². The summed E-state index contributed by atoms with van der Waals surface area (Å²) in [6, 6.07) is 9.52. The molecule has 2 N–H and O–H groups in total. The van der Waals surface area contributed by atoms with E-state index in [-0.39, 0.29) is 37.8 Å². The highest BCUT2D eigenvalue weighted by atomic mass is 16.4. The highest BCUT2D eigenvalue weighted by Gasteiger charge is 2.18. The van der Waals surface area contributed by atoms with E-state index in [9.17, 15) is 9.59 Å². The van der Waals surface area contributed by atoms with E-state index in [2.05, 4.69) is 0 Å². The van der Waals surface area contributed by atoms with Crippen LogP contribution in [0.25, 0.3) is 0 Å². The number of carbonyl (C=O) groups is 2. The van der Waals surface area contributed by atoms with Gasteiger partial charge < -0.3 is 15.1 Å². The Bertz CT molecular complexity index is 433. The molecule has 1 unspecified atom stereocenters. The van der Waals surface area contributed by atoms with Crippen LogP contribution in [0.2, 0.25) is 0 Å². The van der Waals surface area contributed by atoms with Crippen LogP contribution >= 0.6 is 0 Å². The number of aliphatic hydroxyl groups excluding tert-OH is 1. The van der Waals surface area contributed by atoms with E-state index in [0.717, 1.165) is 5.56 Å². The lowest BCUT2D eigenvalue weighted by molar-refractivity contribution is -0.138. The van der Waals surface area contributed by atoms with E-state index >= 15 is 0 Å². The van der Waals surface area contributed by atoms with E-state index in [1.165, 1.54) is 0 Å². The molecule has 110 valence electrons. The first kappa shape index (κ1) is 16.2. The monoisotopic (exact) mass is 279 g/mol. The summed E-state index contributed by atoms with van der Waals surface area (Å²) in [6.45, 7) is 2.32. The molecule has 0 saturated heterocycles. The van der Waals surface area contributed by atoms with E-state index in [1.807, 2.05) is 30.3 Å². The van der Waals surface area contributed by atoms with Crippen molar-refractivity contribution in [2.75, 3.05) is 13.2 Å². The highest BCUT2D eigenvalue weighted by molar-refractivity contribution is 5.77. The zero-order valence-corrected chi connectivity index (χ0v) is 11.7. The van der Waals surface area contributed by atoms with Crippen LogP contribution in [0.3, 0.4) is 0 Å². The van der Waals surface area contributed by atoms with Gasteiger partial charge in [0.1, 0.15) is 0 Å². The summed E-state index contributed by atoms with van der Waals surface area (Å²) in [5.74, 6) is -1.24. The predicted octanol–water partition coefficient (Wildman–Crippen LogP) is 1.51. The van der Waals surface area contributed by atoms with E-state index in [0.29, 0.717) is 6.54 Å². The van der Waals surface area contributed by atoms with Crippen molar-refractivity contribution in [3.63, 3.8) is 0 Å². The quantitative estimate of drug-likeness (QED) is 0.756. The number of rotatable bonds is 8. The van der Waals surface area contributed by atoms with E-state index in [4.69, 9.17) is 10.2 Å². The van der Waals surface area contributed by atoms with Gasteiger partial charge in [-0.1, -0.05) is 37.3 Å². The Kier molecular flexibility index (Phi) is 6.73. The van der Waals surface area contributed by atoms with Gasteiger partial charge in [-0.15, -0.1) is 0 Å². The van der Waals surface area contributed by atoms with E-state index in [1.54, 1.807) is 11.8 Å². The second-order valence-corrected chi connectivity index (χ2v) is 4.93. The summed E-state index contributed by atoms with van der Waals surface area (Å²) in [6.07, 6.45) is 0.156. The lowest BCUT2D eigenvalue weighted by atomic mass is 10.0. The van der Waals surface area contributed by atoms with Crippen molar-refractivity contribution in [2.24, 2.45) is 5.92 Å². The Morgan fingerprint density at radius 1 is 1.20 bits per heavy atom. The molecule has 0 bridgehead atoms. The highest BCUT2D eigenvalue weighted by Crippen LogP contribution is 2.12. The Balaban J connectivity index is 2.60. The van der Waals surface area contributed by atoms with Crippen molar-refractivity contribution in [1.82, 2.24) is 4.90 Å². The maximum absolute atomic E-state index is 12.2. The maximum Gasteiger partial charge on any atom is 0.303 e. The molecule has 0 aliphatic heterocycles. The van der Waals surface area contributed by atoms with Gasteiger partial charge in [-0.25, -0.2) is 0 Å². The number of hydrogen-bond donors (Lipinski definition) is 2. The van der Waals surface area contributed by atoms with Gasteiger partial charge in [0.25, 0.3) is 0 Å². The minimum atomic E-state index is -0.901. The number of aliphatic hydroxyl groups is 1. The summed E-state index contributed by atoms with van der Waals surface area (Å²) in [7, 11) is 0. The van der Waals surface area contributed by atoms with Crippen LogP contribution in [-0.4, -0.2) is 40.1 Å². The van der Waals surface area contributed by atoms with Gasteiger partial charge in [0, 0.05) is 25.9 Å². The molecule has 0 aliphatic rings. The second-order valence-electron chi connectivity index (χ2n) is 4.93. The fourth-order valence-electron chi connectivity index (χ4n) is 2.01. The number of benzene rings is 1. The van der Waals surface area contributed by atoms with Crippen LogP contribution in [0, 0.1) is 5.92 Å². The molecular weight excluding hydrogens is 258 g/mol. The lowest BCUT2D eigenvalue weighted by Crippen LogP contribution is -2.34. The number of carboxylic acids is 1. The lowest BCUT2D eigenvalue weighted by Gasteiger charge is -2.23. The topological polar surface area (TPSA) is 77.8 Å². The molecule has 1 rings (SSSR count). The molecule has 1 atom stereocenters. The molecule has 1 amide bonds. The first-order valence-electron chi connectivity index (χ1n) is 6.67. The number of nitrogens with zero attached hydrogens (tertiary/aromatic N) is 1. The average Bonchev–Trinajstić information content (AvgIpc) is 2.38. The van der Waals surface area contributed by atoms with Crippen molar-refractivity contribution in [1.29, 1.82) is 0 Å². The van der Waals surface area contributed by atoms with Crippen molar-refractivity contribution in [3.8, 4) is 0 Å². The SMILES string of the molecule is CC(CC(=O)O)CC(=O)N(CCO)Cc1ccccc1. The largest absolute Gasteiger partial charge is 0.481 e. The van der Waals surface area contributed by atoms with E-state index < -0.39 is 5.97 Å². The molecule has 5 heteroatoms. The summed E-state index contributed by atoms with van der Waals surface area (Å²) >= 11 is 0. The summed E-state index contributed by atoms with van der Waals surface area (Å²) in [5.41, 5.74) is 0.986. The summed E-state index contributed by atoms with van der Waals surface area (Å²) in [5, 5.41) is 17.8. The Labute approximate surface area is 118 Å². The molecule has 0 aromatic heterocycles. The average molecular weight is 279 g/mol. The molecule has 20 heavy (non-hydrogen) atoms. The van der Waals surface area contributed by atoms with Crippen LogP contribution in [0.1, 0.15) is 25.3 Å². The zero-order valence-electron chi connectivity index (χ0n) is 11.7. The minimum Gasteiger partial charge on any atom is -0.481 e.